The Labute approximate surface area is 163 Å². The summed E-state index contributed by atoms with van der Waals surface area (Å²) >= 11 is 0. The van der Waals surface area contributed by atoms with E-state index in [2.05, 4.69) is 44.2 Å². The van der Waals surface area contributed by atoms with E-state index in [9.17, 15) is 5.26 Å². The Morgan fingerprint density at radius 3 is 1.78 bits per heavy atom. The second-order valence-electron chi connectivity index (χ2n) is 8.71. The second-order valence-corrected chi connectivity index (χ2v) is 8.71. The van der Waals surface area contributed by atoms with Crippen LogP contribution in [0.4, 0.5) is 5.69 Å². The third kappa shape index (κ3) is 3.36. The zero-order valence-corrected chi connectivity index (χ0v) is 16.6. The normalized spacial score (nSPS) is 17.1. The molecule has 0 aromatic heterocycles. The highest BCUT2D eigenvalue weighted by Crippen LogP contribution is 2.40. The van der Waals surface area contributed by atoms with Gasteiger partial charge in [-0.3, -0.25) is 0 Å². The molecule has 2 aliphatic rings. The SMILES string of the molecule is CC(C)C(c1cc2c(cc1N)CCCC2)c1cc2c(cc1C#N)CCCC2. The van der Waals surface area contributed by atoms with Gasteiger partial charge in [-0.15, -0.1) is 0 Å². The van der Waals surface area contributed by atoms with Crippen molar-refractivity contribution in [3.05, 3.63) is 63.2 Å². The molecular formula is C25H30N2. The molecule has 2 heteroatoms. The largest absolute Gasteiger partial charge is 0.398 e. The predicted molar refractivity (Wildman–Crippen MR) is 112 cm³/mol. The van der Waals surface area contributed by atoms with Gasteiger partial charge in [-0.1, -0.05) is 26.0 Å². The molecule has 140 valence electrons. The minimum absolute atomic E-state index is 0.180. The number of fused-ring (bicyclic) bond motifs is 2. The lowest BCUT2D eigenvalue weighted by molar-refractivity contribution is 0.560. The van der Waals surface area contributed by atoms with Gasteiger partial charge in [0.15, 0.2) is 0 Å². The molecule has 0 heterocycles. The zero-order valence-electron chi connectivity index (χ0n) is 16.6. The van der Waals surface area contributed by atoms with Crippen LogP contribution < -0.4 is 5.73 Å². The Morgan fingerprint density at radius 2 is 1.26 bits per heavy atom. The first-order chi connectivity index (χ1) is 13.1. The molecule has 2 aliphatic carbocycles. The molecule has 2 N–H and O–H groups in total. The maximum absolute atomic E-state index is 9.88. The van der Waals surface area contributed by atoms with Crippen LogP contribution in [0.25, 0.3) is 0 Å². The fourth-order valence-electron chi connectivity index (χ4n) is 5.14. The zero-order chi connectivity index (χ0) is 19.0. The van der Waals surface area contributed by atoms with E-state index in [1.165, 1.54) is 59.1 Å². The molecule has 27 heavy (non-hydrogen) atoms. The topological polar surface area (TPSA) is 49.8 Å². The van der Waals surface area contributed by atoms with E-state index in [1.807, 2.05) is 0 Å². The van der Waals surface area contributed by atoms with Crippen LogP contribution in [0.5, 0.6) is 0 Å². The van der Waals surface area contributed by atoms with Crippen molar-refractivity contribution in [2.24, 2.45) is 5.92 Å². The van der Waals surface area contributed by atoms with Crippen LogP contribution in [0, 0.1) is 17.2 Å². The first-order valence-corrected chi connectivity index (χ1v) is 10.6. The van der Waals surface area contributed by atoms with Crippen molar-refractivity contribution in [3.8, 4) is 6.07 Å². The van der Waals surface area contributed by atoms with Gasteiger partial charge in [-0.25, -0.2) is 0 Å². The average Bonchev–Trinajstić information content (AvgIpc) is 2.67. The van der Waals surface area contributed by atoms with Gasteiger partial charge in [0.1, 0.15) is 0 Å². The molecule has 2 nitrogen and oxygen atoms in total. The lowest BCUT2D eigenvalue weighted by atomic mass is 9.76. The van der Waals surface area contributed by atoms with Crippen molar-refractivity contribution in [1.29, 1.82) is 5.26 Å². The van der Waals surface area contributed by atoms with Gasteiger partial charge in [-0.2, -0.15) is 5.26 Å². The number of benzene rings is 2. The molecule has 0 spiro atoms. The van der Waals surface area contributed by atoms with Gasteiger partial charge in [0.25, 0.3) is 0 Å². The van der Waals surface area contributed by atoms with E-state index in [0.717, 1.165) is 36.9 Å². The fraction of sp³-hybridized carbons (Fsp3) is 0.480. The van der Waals surface area contributed by atoms with Crippen molar-refractivity contribution in [2.75, 3.05) is 5.73 Å². The van der Waals surface area contributed by atoms with Crippen LogP contribution >= 0.6 is 0 Å². The summed E-state index contributed by atoms with van der Waals surface area (Å²) in [6, 6.07) is 11.6. The number of hydrogen-bond acceptors (Lipinski definition) is 2. The number of rotatable bonds is 3. The summed E-state index contributed by atoms with van der Waals surface area (Å²) in [5.41, 5.74) is 16.4. The molecule has 2 aromatic carbocycles. The lowest BCUT2D eigenvalue weighted by Crippen LogP contribution is -2.16. The van der Waals surface area contributed by atoms with E-state index < -0.39 is 0 Å². The Morgan fingerprint density at radius 1 is 0.778 bits per heavy atom. The molecule has 0 amide bonds. The highest BCUT2D eigenvalue weighted by Gasteiger charge is 2.26. The van der Waals surface area contributed by atoms with Crippen LogP contribution in [-0.4, -0.2) is 0 Å². The molecule has 0 fully saturated rings. The first kappa shape index (κ1) is 18.1. The number of nitrogen functional groups attached to an aromatic ring is 1. The van der Waals surface area contributed by atoms with Gasteiger partial charge < -0.3 is 5.73 Å². The third-order valence-electron chi connectivity index (χ3n) is 6.52. The van der Waals surface area contributed by atoms with Crippen molar-refractivity contribution >= 4 is 5.69 Å². The van der Waals surface area contributed by atoms with Crippen LogP contribution in [0.2, 0.25) is 0 Å². The summed E-state index contributed by atoms with van der Waals surface area (Å²) in [6.07, 6.45) is 9.58. The Hall–Kier alpha value is -2.27. The highest BCUT2D eigenvalue weighted by molar-refractivity contribution is 5.59. The number of hydrogen-bond donors (Lipinski definition) is 1. The molecule has 4 rings (SSSR count). The molecule has 0 saturated carbocycles. The second kappa shape index (κ2) is 7.39. The summed E-state index contributed by atoms with van der Waals surface area (Å²) in [4.78, 5) is 0. The van der Waals surface area contributed by atoms with Gasteiger partial charge in [-0.05, 0) is 103 Å². The van der Waals surface area contributed by atoms with Gasteiger partial charge in [0.2, 0.25) is 0 Å². The minimum Gasteiger partial charge on any atom is -0.398 e. The summed E-state index contributed by atoms with van der Waals surface area (Å²) in [7, 11) is 0. The van der Waals surface area contributed by atoms with E-state index in [4.69, 9.17) is 5.73 Å². The summed E-state index contributed by atoms with van der Waals surface area (Å²) in [6.45, 7) is 4.51. The minimum atomic E-state index is 0.180. The molecule has 1 unspecified atom stereocenters. The van der Waals surface area contributed by atoms with E-state index in [-0.39, 0.29) is 5.92 Å². The number of nitrogens with zero attached hydrogens (tertiary/aromatic N) is 1. The highest BCUT2D eigenvalue weighted by atomic mass is 14.6. The van der Waals surface area contributed by atoms with E-state index in [1.54, 1.807) is 0 Å². The quantitative estimate of drug-likeness (QED) is 0.717. The maximum atomic E-state index is 9.88. The lowest BCUT2D eigenvalue weighted by Gasteiger charge is -2.28. The van der Waals surface area contributed by atoms with Crippen molar-refractivity contribution in [3.63, 3.8) is 0 Å². The van der Waals surface area contributed by atoms with Crippen LogP contribution in [0.3, 0.4) is 0 Å². The number of nitriles is 1. The van der Waals surface area contributed by atoms with Crippen LogP contribution in [0.15, 0.2) is 24.3 Å². The maximum Gasteiger partial charge on any atom is 0.0994 e. The number of anilines is 1. The molecule has 0 bridgehead atoms. The van der Waals surface area contributed by atoms with Gasteiger partial charge in [0.05, 0.1) is 11.6 Å². The number of aryl methyl sites for hydroxylation is 4. The van der Waals surface area contributed by atoms with Gasteiger partial charge in [0, 0.05) is 11.6 Å². The summed E-state index contributed by atoms with van der Waals surface area (Å²) in [5, 5.41) is 9.88. The Balaban J connectivity index is 1.86. The summed E-state index contributed by atoms with van der Waals surface area (Å²) < 4.78 is 0. The molecule has 0 radical (unpaired) electrons. The average molecular weight is 359 g/mol. The van der Waals surface area contributed by atoms with Crippen LogP contribution in [-0.2, 0) is 25.7 Å². The molecule has 0 saturated heterocycles. The van der Waals surface area contributed by atoms with E-state index in [0.29, 0.717) is 5.92 Å². The smallest absolute Gasteiger partial charge is 0.0994 e. The monoisotopic (exact) mass is 358 g/mol. The van der Waals surface area contributed by atoms with E-state index >= 15 is 0 Å². The predicted octanol–water partition coefficient (Wildman–Crippen LogP) is 5.69. The van der Waals surface area contributed by atoms with Crippen LogP contribution in [0.1, 0.15) is 84.4 Å². The Kier molecular flexibility index (Phi) is 4.96. The number of nitrogens with two attached hydrogens (primary N) is 1. The summed E-state index contributed by atoms with van der Waals surface area (Å²) in [5.74, 6) is 0.571. The molecule has 0 aliphatic heterocycles. The van der Waals surface area contributed by atoms with Gasteiger partial charge >= 0.3 is 0 Å². The first-order valence-electron chi connectivity index (χ1n) is 10.6. The van der Waals surface area contributed by atoms with Crippen molar-refractivity contribution < 1.29 is 0 Å². The standard InChI is InChI=1S/C25H30N2/c1-16(2)25(23-13-19-9-5-6-10-20(19)14-24(23)27)22-12-18-8-4-3-7-17(18)11-21(22)15-26/h11-14,16,25H,3-10,27H2,1-2H3. The molecule has 2 aromatic rings. The van der Waals surface area contributed by atoms with Crippen molar-refractivity contribution in [1.82, 2.24) is 0 Å². The third-order valence-corrected chi connectivity index (χ3v) is 6.52. The molecular weight excluding hydrogens is 328 g/mol. The van der Waals surface area contributed by atoms with Crippen molar-refractivity contribution in [2.45, 2.75) is 71.1 Å². The fourth-order valence-corrected chi connectivity index (χ4v) is 5.14. The Bertz CT molecular complexity index is 902. The molecule has 1 atom stereocenters.